The summed E-state index contributed by atoms with van der Waals surface area (Å²) in [6, 6.07) is 1.68. The zero-order valence-corrected chi connectivity index (χ0v) is 12.3. The van der Waals surface area contributed by atoms with Gasteiger partial charge in [0.1, 0.15) is 11.6 Å². The molecule has 0 aromatic heterocycles. The van der Waals surface area contributed by atoms with Crippen LogP contribution in [0.5, 0.6) is 0 Å². The Hall–Kier alpha value is -1.18. The minimum absolute atomic E-state index is 0.134. The Balaban J connectivity index is 2.15. The Labute approximate surface area is 126 Å². The summed E-state index contributed by atoms with van der Waals surface area (Å²) in [5.41, 5.74) is -0.486. The average molecular weight is 372 g/mol. The van der Waals surface area contributed by atoms with E-state index in [9.17, 15) is 26.7 Å². The first kappa shape index (κ1) is 16.2. The third kappa shape index (κ3) is 3.36. The van der Waals surface area contributed by atoms with Gasteiger partial charge in [0.25, 0.3) is 5.91 Å². The summed E-state index contributed by atoms with van der Waals surface area (Å²) >= 11 is 2.80. The number of hydrogen-bond donors (Lipinski definition) is 0. The van der Waals surface area contributed by atoms with Gasteiger partial charge in [0.15, 0.2) is 0 Å². The fraction of sp³-hybridized carbons (Fsp3) is 0.462. The van der Waals surface area contributed by atoms with Gasteiger partial charge in [0.05, 0.1) is 16.0 Å². The minimum atomic E-state index is -4.29. The predicted octanol–water partition coefficient (Wildman–Crippen LogP) is 4.14. The molecule has 1 aromatic rings. The molecule has 0 radical (unpaired) electrons. The van der Waals surface area contributed by atoms with Gasteiger partial charge in [-0.3, -0.25) is 4.79 Å². The van der Waals surface area contributed by atoms with Crippen LogP contribution in [0.3, 0.4) is 0 Å². The Morgan fingerprint density at radius 3 is 2.19 bits per heavy atom. The van der Waals surface area contributed by atoms with Crippen molar-refractivity contribution in [1.29, 1.82) is 0 Å². The molecule has 8 heteroatoms. The van der Waals surface area contributed by atoms with Crippen LogP contribution < -0.4 is 0 Å². The van der Waals surface area contributed by atoms with E-state index in [1.807, 2.05) is 0 Å². The molecule has 0 unspecified atom stereocenters. The normalized spacial score (nSPS) is 17.1. The van der Waals surface area contributed by atoms with E-state index in [2.05, 4.69) is 15.9 Å². The second-order valence-electron chi connectivity index (χ2n) is 4.83. The van der Waals surface area contributed by atoms with Gasteiger partial charge in [-0.25, -0.2) is 8.78 Å². The first-order chi connectivity index (χ1) is 9.71. The zero-order chi connectivity index (χ0) is 15.8. The molecule has 0 saturated carbocycles. The fourth-order valence-corrected chi connectivity index (χ4v) is 2.78. The number of piperidine rings is 1. The van der Waals surface area contributed by atoms with Gasteiger partial charge in [-0.2, -0.15) is 13.2 Å². The number of carbonyl (C=O) groups is 1. The SMILES string of the molecule is O=C(c1c(F)ccc(F)c1Br)N1CCC(C(F)(F)F)CC1. The molecule has 1 heterocycles. The molecule has 1 fully saturated rings. The summed E-state index contributed by atoms with van der Waals surface area (Å²) in [7, 11) is 0. The van der Waals surface area contributed by atoms with E-state index in [0.29, 0.717) is 0 Å². The molecule has 21 heavy (non-hydrogen) atoms. The lowest BCUT2D eigenvalue weighted by atomic mass is 9.96. The number of carbonyl (C=O) groups excluding carboxylic acids is 1. The maximum Gasteiger partial charge on any atom is 0.391 e. The Bertz CT molecular complexity index is 552. The molecule has 0 N–H and O–H groups in total. The third-order valence-corrected chi connectivity index (χ3v) is 4.28. The van der Waals surface area contributed by atoms with Crippen molar-refractivity contribution in [2.24, 2.45) is 5.92 Å². The lowest BCUT2D eigenvalue weighted by Gasteiger charge is -2.33. The van der Waals surface area contributed by atoms with E-state index in [-0.39, 0.29) is 30.4 Å². The van der Waals surface area contributed by atoms with E-state index >= 15 is 0 Å². The second kappa shape index (κ2) is 5.90. The topological polar surface area (TPSA) is 20.3 Å². The van der Waals surface area contributed by atoms with Crippen molar-refractivity contribution in [3.05, 3.63) is 33.8 Å². The van der Waals surface area contributed by atoms with Crippen LogP contribution in [-0.4, -0.2) is 30.1 Å². The molecule has 0 aliphatic carbocycles. The van der Waals surface area contributed by atoms with Crippen molar-refractivity contribution in [3.63, 3.8) is 0 Å². The van der Waals surface area contributed by atoms with Crippen molar-refractivity contribution in [3.8, 4) is 0 Å². The molecular formula is C13H11BrF5NO. The van der Waals surface area contributed by atoms with Crippen LogP contribution in [0.2, 0.25) is 0 Å². The maximum atomic E-state index is 13.7. The van der Waals surface area contributed by atoms with Crippen LogP contribution in [0, 0.1) is 17.6 Å². The smallest absolute Gasteiger partial charge is 0.338 e. The van der Waals surface area contributed by atoms with Crippen molar-refractivity contribution < 1.29 is 26.7 Å². The summed E-state index contributed by atoms with van der Waals surface area (Å²) in [6.45, 7) is -0.267. The molecule has 116 valence electrons. The molecule has 1 aromatic carbocycles. The Morgan fingerprint density at radius 1 is 1.14 bits per heavy atom. The van der Waals surface area contributed by atoms with Gasteiger partial charge in [0.2, 0.25) is 0 Å². The molecule has 2 nitrogen and oxygen atoms in total. The summed E-state index contributed by atoms with van der Waals surface area (Å²) in [5, 5.41) is 0. The van der Waals surface area contributed by atoms with E-state index < -0.39 is 35.2 Å². The standard InChI is InChI=1S/C13H11BrF5NO/c14-11-9(16)2-1-8(15)10(11)12(21)20-5-3-7(4-6-20)13(17,18)19/h1-2,7H,3-6H2. The molecule has 2 rings (SSSR count). The molecule has 1 aliphatic rings. The highest BCUT2D eigenvalue weighted by atomic mass is 79.9. The maximum absolute atomic E-state index is 13.7. The molecule has 0 spiro atoms. The van der Waals surface area contributed by atoms with Crippen LogP contribution in [0.15, 0.2) is 16.6 Å². The number of alkyl halides is 3. The highest BCUT2D eigenvalue weighted by Crippen LogP contribution is 2.35. The first-order valence-electron chi connectivity index (χ1n) is 6.21. The summed E-state index contributed by atoms with van der Waals surface area (Å²) in [4.78, 5) is 13.3. The molecule has 1 amide bonds. The first-order valence-corrected chi connectivity index (χ1v) is 7.00. The number of amides is 1. The van der Waals surface area contributed by atoms with Crippen LogP contribution in [0.1, 0.15) is 23.2 Å². The lowest BCUT2D eigenvalue weighted by molar-refractivity contribution is -0.183. The van der Waals surface area contributed by atoms with Crippen molar-refractivity contribution in [2.75, 3.05) is 13.1 Å². The third-order valence-electron chi connectivity index (χ3n) is 3.50. The van der Waals surface area contributed by atoms with Crippen LogP contribution >= 0.6 is 15.9 Å². The van der Waals surface area contributed by atoms with Gasteiger partial charge in [-0.15, -0.1) is 0 Å². The number of likely N-dealkylation sites (tertiary alicyclic amines) is 1. The molecular weight excluding hydrogens is 361 g/mol. The van der Waals surface area contributed by atoms with Crippen molar-refractivity contribution in [2.45, 2.75) is 19.0 Å². The van der Waals surface area contributed by atoms with Crippen molar-refractivity contribution in [1.82, 2.24) is 4.90 Å². The number of nitrogens with zero attached hydrogens (tertiary/aromatic N) is 1. The summed E-state index contributed by atoms with van der Waals surface area (Å²) < 4.78 is 64.4. The highest BCUT2D eigenvalue weighted by molar-refractivity contribution is 9.10. The van der Waals surface area contributed by atoms with E-state index in [1.165, 1.54) is 0 Å². The Kier molecular flexibility index (Phi) is 4.55. The van der Waals surface area contributed by atoms with Crippen LogP contribution in [0.4, 0.5) is 22.0 Å². The van der Waals surface area contributed by atoms with E-state index in [4.69, 9.17) is 0 Å². The predicted molar refractivity (Wildman–Crippen MR) is 68.7 cm³/mol. The molecule has 1 aliphatic heterocycles. The highest BCUT2D eigenvalue weighted by Gasteiger charge is 2.42. The van der Waals surface area contributed by atoms with Gasteiger partial charge < -0.3 is 4.90 Å². The van der Waals surface area contributed by atoms with Crippen LogP contribution in [0.25, 0.3) is 0 Å². The monoisotopic (exact) mass is 371 g/mol. The fourth-order valence-electron chi connectivity index (χ4n) is 2.29. The Morgan fingerprint density at radius 2 is 1.67 bits per heavy atom. The zero-order valence-electron chi connectivity index (χ0n) is 10.7. The summed E-state index contributed by atoms with van der Waals surface area (Å²) in [6.07, 6.45) is -4.76. The lowest BCUT2D eigenvalue weighted by Crippen LogP contribution is -2.42. The molecule has 0 bridgehead atoms. The number of halogens is 6. The van der Waals surface area contributed by atoms with Gasteiger partial charge in [-0.05, 0) is 40.9 Å². The minimum Gasteiger partial charge on any atom is -0.338 e. The number of benzene rings is 1. The van der Waals surface area contributed by atoms with Gasteiger partial charge >= 0.3 is 6.18 Å². The molecule has 0 atom stereocenters. The summed E-state index contributed by atoms with van der Waals surface area (Å²) in [5.74, 6) is -3.97. The van der Waals surface area contributed by atoms with Gasteiger partial charge in [0, 0.05) is 13.1 Å². The quantitative estimate of drug-likeness (QED) is 0.536. The van der Waals surface area contributed by atoms with Crippen molar-refractivity contribution >= 4 is 21.8 Å². The number of hydrogen-bond acceptors (Lipinski definition) is 1. The largest absolute Gasteiger partial charge is 0.391 e. The van der Waals surface area contributed by atoms with E-state index in [1.54, 1.807) is 0 Å². The average Bonchev–Trinajstić information content (AvgIpc) is 2.42. The van der Waals surface area contributed by atoms with E-state index in [0.717, 1.165) is 17.0 Å². The van der Waals surface area contributed by atoms with Gasteiger partial charge in [-0.1, -0.05) is 0 Å². The van der Waals surface area contributed by atoms with Crippen LogP contribution in [-0.2, 0) is 0 Å². The molecule has 1 saturated heterocycles. The number of rotatable bonds is 1. The second-order valence-corrected chi connectivity index (χ2v) is 5.62.